The molecule has 0 bridgehead atoms. The topological polar surface area (TPSA) is 20.2 Å². The van der Waals surface area contributed by atoms with E-state index >= 15 is 0 Å². The number of hydrogen-bond acceptors (Lipinski definition) is 1. The summed E-state index contributed by atoms with van der Waals surface area (Å²) in [7, 11) is 0. The van der Waals surface area contributed by atoms with Crippen LogP contribution in [0, 0.1) is 24.4 Å². The maximum Gasteiger partial charge on any atom is 0.129 e. The fraction of sp³-hybridized carbons (Fsp3) is 0.143. The average Bonchev–Trinajstić information content (AvgIpc) is 2.35. The van der Waals surface area contributed by atoms with Gasteiger partial charge in [0, 0.05) is 5.56 Å². The van der Waals surface area contributed by atoms with Crippen molar-refractivity contribution in [3.8, 4) is 0 Å². The van der Waals surface area contributed by atoms with Crippen molar-refractivity contribution in [2.75, 3.05) is 0 Å². The van der Waals surface area contributed by atoms with Crippen molar-refractivity contribution in [3.05, 3.63) is 70.5 Å². The highest BCUT2D eigenvalue weighted by atomic mass is 19.1. The number of hydrogen-bond donors (Lipinski definition) is 1. The van der Waals surface area contributed by atoms with Crippen LogP contribution in [0.5, 0.6) is 0 Å². The van der Waals surface area contributed by atoms with Crippen LogP contribution in [0.1, 0.15) is 22.8 Å². The minimum absolute atomic E-state index is 0.166. The molecule has 0 amide bonds. The van der Waals surface area contributed by atoms with Crippen molar-refractivity contribution in [1.82, 2.24) is 0 Å². The first-order valence-corrected chi connectivity index (χ1v) is 5.38. The second-order valence-corrected chi connectivity index (χ2v) is 4.08. The zero-order valence-electron chi connectivity index (χ0n) is 9.62. The van der Waals surface area contributed by atoms with E-state index in [0.29, 0.717) is 11.1 Å². The van der Waals surface area contributed by atoms with E-state index in [-0.39, 0.29) is 5.56 Å². The maximum atomic E-state index is 13.5. The van der Waals surface area contributed by atoms with Gasteiger partial charge in [0.25, 0.3) is 0 Å². The SMILES string of the molecule is Cc1cc(C(O)c2cc(F)ccc2F)ccc1F. The molecule has 1 N–H and O–H groups in total. The summed E-state index contributed by atoms with van der Waals surface area (Å²) < 4.78 is 39.6. The first kappa shape index (κ1) is 12.6. The lowest BCUT2D eigenvalue weighted by Crippen LogP contribution is -2.04. The lowest BCUT2D eigenvalue weighted by atomic mass is 9.99. The minimum Gasteiger partial charge on any atom is -0.384 e. The molecule has 0 aliphatic carbocycles. The molecule has 0 aromatic heterocycles. The van der Waals surface area contributed by atoms with Crippen LogP contribution in [0.4, 0.5) is 13.2 Å². The monoisotopic (exact) mass is 252 g/mol. The Labute approximate surface area is 103 Å². The van der Waals surface area contributed by atoms with Crippen LogP contribution in [-0.2, 0) is 0 Å². The summed E-state index contributed by atoms with van der Waals surface area (Å²) in [6, 6.07) is 6.79. The third-order valence-corrected chi connectivity index (χ3v) is 2.75. The molecule has 2 rings (SSSR count). The lowest BCUT2D eigenvalue weighted by Gasteiger charge is -2.13. The molecule has 1 atom stereocenters. The first-order chi connectivity index (χ1) is 8.49. The second-order valence-electron chi connectivity index (χ2n) is 4.08. The van der Waals surface area contributed by atoms with Gasteiger partial charge in [0.15, 0.2) is 0 Å². The normalized spacial score (nSPS) is 12.5. The molecule has 18 heavy (non-hydrogen) atoms. The predicted molar refractivity (Wildman–Crippen MR) is 61.6 cm³/mol. The van der Waals surface area contributed by atoms with Crippen molar-refractivity contribution in [2.24, 2.45) is 0 Å². The Bertz CT molecular complexity index is 581. The molecule has 0 radical (unpaired) electrons. The van der Waals surface area contributed by atoms with Crippen molar-refractivity contribution in [1.29, 1.82) is 0 Å². The number of aliphatic hydroxyl groups excluding tert-OH is 1. The van der Waals surface area contributed by atoms with Crippen LogP contribution >= 0.6 is 0 Å². The fourth-order valence-corrected chi connectivity index (χ4v) is 1.74. The Morgan fingerprint density at radius 3 is 2.28 bits per heavy atom. The summed E-state index contributed by atoms with van der Waals surface area (Å²) in [4.78, 5) is 0. The van der Waals surface area contributed by atoms with Crippen molar-refractivity contribution in [3.63, 3.8) is 0 Å². The Morgan fingerprint density at radius 1 is 0.944 bits per heavy atom. The van der Waals surface area contributed by atoms with Gasteiger partial charge in [-0.3, -0.25) is 0 Å². The van der Waals surface area contributed by atoms with Gasteiger partial charge in [-0.15, -0.1) is 0 Å². The second kappa shape index (κ2) is 4.82. The van der Waals surface area contributed by atoms with Crippen molar-refractivity contribution >= 4 is 0 Å². The third-order valence-electron chi connectivity index (χ3n) is 2.75. The molecule has 4 heteroatoms. The Morgan fingerprint density at radius 2 is 1.61 bits per heavy atom. The quantitative estimate of drug-likeness (QED) is 0.867. The van der Waals surface area contributed by atoms with E-state index in [1.54, 1.807) is 0 Å². The van der Waals surface area contributed by atoms with Gasteiger partial charge < -0.3 is 5.11 Å². The molecule has 1 unspecified atom stereocenters. The molecular formula is C14H11F3O. The fourth-order valence-electron chi connectivity index (χ4n) is 1.74. The molecule has 0 fully saturated rings. The average molecular weight is 252 g/mol. The van der Waals surface area contributed by atoms with Gasteiger partial charge in [-0.05, 0) is 42.3 Å². The Hall–Kier alpha value is -1.81. The Balaban J connectivity index is 2.44. The molecule has 0 saturated carbocycles. The predicted octanol–water partition coefficient (Wildman–Crippen LogP) is 3.49. The lowest BCUT2D eigenvalue weighted by molar-refractivity contribution is 0.214. The minimum atomic E-state index is -1.32. The van der Waals surface area contributed by atoms with Crippen LogP contribution in [0.15, 0.2) is 36.4 Å². The zero-order chi connectivity index (χ0) is 13.3. The highest BCUT2D eigenvalue weighted by molar-refractivity contribution is 5.33. The standard InChI is InChI=1S/C14H11F3O/c1-8-6-9(2-4-12(8)16)14(18)11-7-10(15)3-5-13(11)17/h2-7,14,18H,1H3. The molecule has 1 nitrogen and oxygen atoms in total. The van der Waals surface area contributed by atoms with Crippen LogP contribution in [-0.4, -0.2) is 5.11 Å². The summed E-state index contributed by atoms with van der Waals surface area (Å²) in [5, 5.41) is 9.98. The van der Waals surface area contributed by atoms with E-state index in [0.717, 1.165) is 18.2 Å². The number of benzene rings is 2. The number of aliphatic hydroxyl groups is 1. The van der Waals surface area contributed by atoms with Gasteiger partial charge in [-0.1, -0.05) is 12.1 Å². The number of rotatable bonds is 2. The summed E-state index contributed by atoms with van der Waals surface area (Å²) in [6.07, 6.45) is -1.32. The molecule has 0 saturated heterocycles. The van der Waals surface area contributed by atoms with Gasteiger partial charge in [0.05, 0.1) is 0 Å². The summed E-state index contributed by atoms with van der Waals surface area (Å²) >= 11 is 0. The smallest absolute Gasteiger partial charge is 0.129 e. The van der Waals surface area contributed by atoms with E-state index in [2.05, 4.69) is 0 Å². The molecule has 0 spiro atoms. The van der Waals surface area contributed by atoms with Crippen molar-refractivity contribution < 1.29 is 18.3 Å². The molecule has 0 heterocycles. The van der Waals surface area contributed by atoms with E-state index in [4.69, 9.17) is 0 Å². The largest absolute Gasteiger partial charge is 0.384 e. The van der Waals surface area contributed by atoms with E-state index < -0.39 is 23.6 Å². The van der Waals surface area contributed by atoms with Gasteiger partial charge >= 0.3 is 0 Å². The highest BCUT2D eigenvalue weighted by Gasteiger charge is 2.16. The summed E-state index contributed by atoms with van der Waals surface area (Å²) in [5.74, 6) is -1.75. The van der Waals surface area contributed by atoms with Gasteiger partial charge in [0.1, 0.15) is 23.6 Å². The van der Waals surface area contributed by atoms with Gasteiger partial charge in [-0.2, -0.15) is 0 Å². The molecule has 0 aliphatic rings. The van der Waals surface area contributed by atoms with Gasteiger partial charge in [-0.25, -0.2) is 13.2 Å². The summed E-state index contributed by atoms with van der Waals surface area (Å²) in [5.41, 5.74) is 0.489. The maximum absolute atomic E-state index is 13.5. The molecule has 2 aromatic carbocycles. The van der Waals surface area contributed by atoms with E-state index in [1.807, 2.05) is 0 Å². The van der Waals surface area contributed by atoms with Crippen molar-refractivity contribution in [2.45, 2.75) is 13.0 Å². The number of halogens is 3. The Kier molecular flexibility index (Phi) is 3.39. The van der Waals surface area contributed by atoms with Crippen LogP contribution in [0.3, 0.4) is 0 Å². The molecular weight excluding hydrogens is 241 g/mol. The molecule has 0 aliphatic heterocycles. The molecule has 2 aromatic rings. The van der Waals surface area contributed by atoms with E-state index in [9.17, 15) is 18.3 Å². The summed E-state index contributed by atoms with van der Waals surface area (Å²) in [6.45, 7) is 1.54. The third kappa shape index (κ3) is 2.38. The first-order valence-electron chi connectivity index (χ1n) is 5.38. The van der Waals surface area contributed by atoms with E-state index in [1.165, 1.54) is 25.1 Å². The highest BCUT2D eigenvalue weighted by Crippen LogP contribution is 2.26. The van der Waals surface area contributed by atoms with Gasteiger partial charge in [0.2, 0.25) is 0 Å². The molecule has 94 valence electrons. The van der Waals surface area contributed by atoms with Crippen LogP contribution in [0.25, 0.3) is 0 Å². The zero-order valence-corrected chi connectivity index (χ0v) is 9.62. The number of aryl methyl sites for hydroxylation is 1. The van der Waals surface area contributed by atoms with Crippen LogP contribution < -0.4 is 0 Å². The van der Waals surface area contributed by atoms with Crippen LogP contribution in [0.2, 0.25) is 0 Å².